The Kier molecular flexibility index (Phi) is 4.53. The van der Waals surface area contributed by atoms with Gasteiger partial charge in [0.05, 0.1) is 23.8 Å². The number of hydrogen-bond acceptors (Lipinski definition) is 5. The third-order valence-electron chi connectivity index (χ3n) is 4.18. The van der Waals surface area contributed by atoms with Crippen LogP contribution in [0.3, 0.4) is 0 Å². The molecule has 0 saturated carbocycles. The van der Waals surface area contributed by atoms with Gasteiger partial charge in [0.1, 0.15) is 0 Å². The second kappa shape index (κ2) is 6.79. The first kappa shape index (κ1) is 17.3. The minimum Gasteiger partial charge on any atom is -0.465 e. The van der Waals surface area contributed by atoms with Gasteiger partial charge in [-0.2, -0.15) is 0 Å². The topological polar surface area (TPSA) is 92.8 Å². The number of carbonyl (C=O) groups is 4. The number of benzene rings is 2. The molecule has 0 unspecified atom stereocenters. The van der Waals surface area contributed by atoms with Crippen LogP contribution in [0.4, 0.5) is 0 Å². The molecule has 0 aromatic heterocycles. The molecule has 2 aromatic rings. The summed E-state index contributed by atoms with van der Waals surface area (Å²) in [5.41, 5.74) is 2.05. The van der Waals surface area contributed by atoms with Gasteiger partial charge in [-0.3, -0.25) is 19.3 Å². The van der Waals surface area contributed by atoms with Crippen LogP contribution in [0, 0.1) is 0 Å². The Balaban J connectivity index is 1.69. The van der Waals surface area contributed by atoms with Crippen LogP contribution in [-0.2, 0) is 11.3 Å². The zero-order chi connectivity index (χ0) is 18.8. The van der Waals surface area contributed by atoms with Gasteiger partial charge < -0.3 is 10.1 Å². The molecule has 0 fully saturated rings. The number of fused-ring (bicyclic) bond motifs is 1. The summed E-state index contributed by atoms with van der Waals surface area (Å²) in [6.07, 6.45) is 0. The van der Waals surface area contributed by atoms with Crippen LogP contribution in [0.1, 0.15) is 47.0 Å². The number of imide groups is 1. The Morgan fingerprint density at radius 3 is 2.23 bits per heavy atom. The molecule has 0 saturated heterocycles. The van der Waals surface area contributed by atoms with Gasteiger partial charge in [0.25, 0.3) is 17.7 Å². The van der Waals surface area contributed by atoms with Gasteiger partial charge in [-0.15, -0.1) is 0 Å². The highest BCUT2D eigenvalue weighted by Crippen LogP contribution is 2.22. The maximum atomic E-state index is 12.3. The maximum Gasteiger partial charge on any atom is 0.337 e. The molecule has 3 rings (SSSR count). The lowest BCUT2D eigenvalue weighted by molar-refractivity contribution is 0.0599. The summed E-state index contributed by atoms with van der Waals surface area (Å²) >= 11 is 0. The fourth-order valence-corrected chi connectivity index (χ4v) is 2.66. The molecule has 1 aliphatic rings. The SMILES string of the molecule is COC(=O)c1ccc(CNC(=O)c2ccc3c(c2)C(=O)N(C)C3=O)cc1. The summed E-state index contributed by atoms with van der Waals surface area (Å²) in [4.78, 5) is 48.6. The molecule has 0 atom stereocenters. The summed E-state index contributed by atoms with van der Waals surface area (Å²) in [7, 11) is 2.71. The van der Waals surface area contributed by atoms with Gasteiger partial charge in [0, 0.05) is 19.2 Å². The van der Waals surface area contributed by atoms with Crippen LogP contribution in [0.5, 0.6) is 0 Å². The van der Waals surface area contributed by atoms with Crippen molar-refractivity contribution in [1.29, 1.82) is 0 Å². The average Bonchev–Trinajstić information content (AvgIpc) is 2.89. The molecule has 0 aliphatic carbocycles. The second-order valence-corrected chi connectivity index (χ2v) is 5.80. The zero-order valence-electron chi connectivity index (χ0n) is 14.2. The van der Waals surface area contributed by atoms with Crippen LogP contribution in [0.2, 0.25) is 0 Å². The minimum absolute atomic E-state index is 0.229. The van der Waals surface area contributed by atoms with Crippen molar-refractivity contribution in [3.63, 3.8) is 0 Å². The van der Waals surface area contributed by atoms with Gasteiger partial charge in [0.15, 0.2) is 0 Å². The summed E-state index contributed by atoms with van der Waals surface area (Å²) in [6.45, 7) is 0.254. The van der Waals surface area contributed by atoms with Gasteiger partial charge in [0.2, 0.25) is 0 Å². The summed E-state index contributed by atoms with van der Waals surface area (Å²) in [5, 5.41) is 2.74. The molecule has 0 radical (unpaired) electrons. The standard InChI is InChI=1S/C19H16N2O5/c1-21-17(23)14-8-7-13(9-15(14)18(21)24)16(22)20-10-11-3-5-12(6-4-11)19(25)26-2/h3-9H,10H2,1-2H3,(H,20,22). The van der Waals surface area contributed by atoms with Crippen molar-refractivity contribution in [2.24, 2.45) is 0 Å². The van der Waals surface area contributed by atoms with Crippen LogP contribution >= 0.6 is 0 Å². The van der Waals surface area contributed by atoms with Crippen molar-refractivity contribution in [2.45, 2.75) is 6.54 Å². The van der Waals surface area contributed by atoms with Crippen molar-refractivity contribution in [3.8, 4) is 0 Å². The van der Waals surface area contributed by atoms with Gasteiger partial charge in [-0.25, -0.2) is 4.79 Å². The molecule has 2 aromatic carbocycles. The first-order valence-electron chi connectivity index (χ1n) is 7.84. The van der Waals surface area contributed by atoms with Crippen molar-refractivity contribution < 1.29 is 23.9 Å². The Bertz CT molecular complexity index is 918. The predicted octanol–water partition coefficient (Wildman–Crippen LogP) is 1.63. The highest BCUT2D eigenvalue weighted by molar-refractivity contribution is 6.21. The van der Waals surface area contributed by atoms with E-state index in [4.69, 9.17) is 0 Å². The summed E-state index contributed by atoms with van der Waals surface area (Å²) in [5.74, 6) is -1.58. The van der Waals surface area contributed by atoms with E-state index in [0.717, 1.165) is 10.5 Å². The predicted molar refractivity (Wildman–Crippen MR) is 91.8 cm³/mol. The highest BCUT2D eigenvalue weighted by atomic mass is 16.5. The quantitative estimate of drug-likeness (QED) is 0.667. The molecule has 132 valence electrons. The van der Waals surface area contributed by atoms with E-state index >= 15 is 0 Å². The van der Waals surface area contributed by atoms with Crippen molar-refractivity contribution in [3.05, 3.63) is 70.3 Å². The molecule has 0 bridgehead atoms. The van der Waals surface area contributed by atoms with E-state index in [9.17, 15) is 19.2 Å². The van der Waals surface area contributed by atoms with E-state index < -0.39 is 11.9 Å². The van der Waals surface area contributed by atoms with Crippen molar-refractivity contribution in [1.82, 2.24) is 10.2 Å². The van der Waals surface area contributed by atoms with Gasteiger partial charge in [-0.05, 0) is 35.9 Å². The molecule has 1 aliphatic heterocycles. The van der Waals surface area contributed by atoms with E-state index in [1.807, 2.05) is 0 Å². The van der Waals surface area contributed by atoms with Gasteiger partial charge >= 0.3 is 5.97 Å². The maximum absolute atomic E-state index is 12.3. The third-order valence-corrected chi connectivity index (χ3v) is 4.18. The highest BCUT2D eigenvalue weighted by Gasteiger charge is 2.33. The van der Waals surface area contributed by atoms with Crippen LogP contribution < -0.4 is 5.32 Å². The largest absolute Gasteiger partial charge is 0.465 e. The normalized spacial score (nSPS) is 12.8. The second-order valence-electron chi connectivity index (χ2n) is 5.80. The number of rotatable bonds is 4. The number of nitrogens with zero attached hydrogens (tertiary/aromatic N) is 1. The number of nitrogens with one attached hydrogen (secondary N) is 1. The Hall–Kier alpha value is -3.48. The van der Waals surface area contributed by atoms with Crippen LogP contribution in [-0.4, -0.2) is 42.7 Å². The molecule has 26 heavy (non-hydrogen) atoms. The number of amides is 3. The lowest BCUT2D eigenvalue weighted by atomic mass is 10.1. The summed E-state index contributed by atoms with van der Waals surface area (Å²) in [6, 6.07) is 11.1. The molecular weight excluding hydrogens is 336 g/mol. The number of hydrogen-bond donors (Lipinski definition) is 1. The first-order valence-corrected chi connectivity index (χ1v) is 7.84. The fourth-order valence-electron chi connectivity index (χ4n) is 2.66. The van der Waals surface area contributed by atoms with E-state index in [-0.39, 0.29) is 23.9 Å². The molecule has 1 N–H and O–H groups in total. The van der Waals surface area contributed by atoms with Gasteiger partial charge in [-0.1, -0.05) is 12.1 Å². The van der Waals surface area contributed by atoms with Crippen molar-refractivity contribution in [2.75, 3.05) is 14.2 Å². The summed E-state index contributed by atoms with van der Waals surface area (Å²) < 4.78 is 4.63. The molecule has 7 nitrogen and oxygen atoms in total. The minimum atomic E-state index is -0.428. The third kappa shape index (κ3) is 3.06. The molecule has 0 spiro atoms. The fraction of sp³-hybridized carbons (Fsp3) is 0.158. The molecule has 7 heteroatoms. The monoisotopic (exact) mass is 352 g/mol. The molecular formula is C19H16N2O5. The van der Waals surface area contributed by atoms with E-state index in [1.54, 1.807) is 24.3 Å². The number of methoxy groups -OCH3 is 1. The lowest BCUT2D eigenvalue weighted by Crippen LogP contribution is -2.24. The smallest absolute Gasteiger partial charge is 0.337 e. The van der Waals surface area contributed by atoms with E-state index in [2.05, 4.69) is 10.1 Å². The van der Waals surface area contributed by atoms with Crippen molar-refractivity contribution >= 4 is 23.7 Å². The Labute approximate surface area is 149 Å². The average molecular weight is 352 g/mol. The molecule has 1 heterocycles. The Morgan fingerprint density at radius 1 is 0.962 bits per heavy atom. The van der Waals surface area contributed by atoms with E-state index in [0.29, 0.717) is 16.7 Å². The lowest BCUT2D eigenvalue weighted by Gasteiger charge is -2.07. The first-order chi connectivity index (χ1) is 12.4. The Morgan fingerprint density at radius 2 is 1.58 bits per heavy atom. The van der Waals surface area contributed by atoms with Crippen LogP contribution in [0.25, 0.3) is 0 Å². The molecule has 3 amide bonds. The van der Waals surface area contributed by atoms with Crippen LogP contribution in [0.15, 0.2) is 42.5 Å². The number of esters is 1. The number of carbonyl (C=O) groups excluding carboxylic acids is 4. The van der Waals surface area contributed by atoms with E-state index in [1.165, 1.54) is 32.4 Å². The number of ether oxygens (including phenoxy) is 1. The zero-order valence-corrected chi connectivity index (χ0v) is 14.2.